The third-order valence-electron chi connectivity index (χ3n) is 2.61. The number of nitrogens with one attached hydrogen (secondary N) is 2. The highest BCUT2D eigenvalue weighted by Crippen LogP contribution is 2.23. The van der Waals surface area contributed by atoms with Gasteiger partial charge in [0.2, 0.25) is 0 Å². The molecule has 0 bridgehead atoms. The van der Waals surface area contributed by atoms with Gasteiger partial charge < -0.3 is 10.6 Å². The molecule has 0 saturated carbocycles. The van der Waals surface area contributed by atoms with Crippen LogP contribution in [0.2, 0.25) is 0 Å². The van der Waals surface area contributed by atoms with Gasteiger partial charge in [0, 0.05) is 12.6 Å². The Labute approximate surface area is 116 Å². The number of halogens is 2. The lowest BCUT2D eigenvalue weighted by Crippen LogP contribution is -2.06. The van der Waals surface area contributed by atoms with E-state index < -0.39 is 11.6 Å². The number of aromatic nitrogens is 2. The van der Waals surface area contributed by atoms with E-state index in [-0.39, 0.29) is 5.69 Å². The van der Waals surface area contributed by atoms with Crippen LogP contribution in [0, 0.1) is 18.6 Å². The molecule has 0 spiro atoms. The quantitative estimate of drug-likeness (QED) is 0.877. The molecule has 1 aromatic heterocycles. The van der Waals surface area contributed by atoms with E-state index in [1.807, 2.05) is 6.92 Å². The normalized spacial score (nSPS) is 10.4. The minimum atomic E-state index is -0.663. The zero-order chi connectivity index (χ0) is 14.5. The highest BCUT2D eigenvalue weighted by molar-refractivity contribution is 5.60. The maximum Gasteiger partial charge on any atom is 0.149 e. The first kappa shape index (κ1) is 14.2. The van der Waals surface area contributed by atoms with Crippen molar-refractivity contribution in [2.75, 3.05) is 17.2 Å². The molecule has 2 N–H and O–H groups in total. The predicted octanol–water partition coefficient (Wildman–Crippen LogP) is 3.63. The van der Waals surface area contributed by atoms with Gasteiger partial charge in [-0.05, 0) is 25.5 Å². The smallest absolute Gasteiger partial charge is 0.149 e. The van der Waals surface area contributed by atoms with Crippen molar-refractivity contribution < 1.29 is 8.78 Å². The summed E-state index contributed by atoms with van der Waals surface area (Å²) in [5.41, 5.74) is -0.216. The minimum Gasteiger partial charge on any atom is -0.370 e. The van der Waals surface area contributed by atoms with E-state index in [1.54, 1.807) is 13.0 Å². The second-order valence-corrected chi connectivity index (χ2v) is 4.33. The zero-order valence-electron chi connectivity index (χ0n) is 11.4. The van der Waals surface area contributed by atoms with Crippen molar-refractivity contribution in [2.45, 2.75) is 20.3 Å². The van der Waals surface area contributed by atoms with Gasteiger partial charge in [0.1, 0.15) is 34.8 Å². The van der Waals surface area contributed by atoms with E-state index in [9.17, 15) is 8.78 Å². The first-order chi connectivity index (χ1) is 9.60. The summed E-state index contributed by atoms with van der Waals surface area (Å²) in [6, 6.07) is 5.31. The van der Waals surface area contributed by atoms with Crippen molar-refractivity contribution in [1.82, 2.24) is 9.97 Å². The fraction of sp³-hybridized carbons (Fsp3) is 0.286. The van der Waals surface area contributed by atoms with E-state index in [2.05, 4.69) is 20.6 Å². The molecule has 106 valence electrons. The van der Waals surface area contributed by atoms with E-state index >= 15 is 0 Å². The van der Waals surface area contributed by atoms with Crippen LogP contribution in [0.5, 0.6) is 0 Å². The average molecular weight is 278 g/mol. The number of para-hydroxylation sites is 1. The Hall–Kier alpha value is -2.24. The molecule has 4 nitrogen and oxygen atoms in total. The van der Waals surface area contributed by atoms with Crippen LogP contribution in [0.15, 0.2) is 24.3 Å². The summed E-state index contributed by atoms with van der Waals surface area (Å²) < 4.78 is 27.2. The van der Waals surface area contributed by atoms with Gasteiger partial charge in [-0.2, -0.15) is 0 Å². The Balaban J connectivity index is 2.27. The van der Waals surface area contributed by atoms with Crippen molar-refractivity contribution >= 4 is 17.3 Å². The van der Waals surface area contributed by atoms with Gasteiger partial charge in [-0.3, -0.25) is 0 Å². The molecule has 0 fully saturated rings. The molecule has 2 rings (SSSR count). The van der Waals surface area contributed by atoms with Crippen LogP contribution in [0.3, 0.4) is 0 Å². The van der Waals surface area contributed by atoms with Crippen LogP contribution >= 0.6 is 0 Å². The summed E-state index contributed by atoms with van der Waals surface area (Å²) in [6.45, 7) is 4.53. The maximum absolute atomic E-state index is 13.6. The molecule has 1 heterocycles. The molecule has 20 heavy (non-hydrogen) atoms. The Morgan fingerprint density at radius 1 is 1.10 bits per heavy atom. The van der Waals surface area contributed by atoms with Crippen LogP contribution in [-0.4, -0.2) is 16.5 Å². The first-order valence-electron chi connectivity index (χ1n) is 6.40. The van der Waals surface area contributed by atoms with Gasteiger partial charge >= 0.3 is 0 Å². The number of anilines is 3. The van der Waals surface area contributed by atoms with Crippen LogP contribution in [0.25, 0.3) is 0 Å². The summed E-state index contributed by atoms with van der Waals surface area (Å²) in [7, 11) is 0. The number of benzene rings is 1. The number of rotatable bonds is 5. The Morgan fingerprint density at radius 3 is 2.40 bits per heavy atom. The molecule has 0 aliphatic heterocycles. The van der Waals surface area contributed by atoms with Crippen LogP contribution in [-0.2, 0) is 0 Å². The Bertz CT molecular complexity index is 581. The molecule has 0 aliphatic rings. The lowest BCUT2D eigenvalue weighted by atomic mass is 10.3. The average Bonchev–Trinajstić information content (AvgIpc) is 2.40. The van der Waals surface area contributed by atoms with Crippen LogP contribution < -0.4 is 10.6 Å². The second kappa shape index (κ2) is 6.27. The number of aryl methyl sites for hydroxylation is 1. The molecule has 0 aliphatic carbocycles. The summed E-state index contributed by atoms with van der Waals surface area (Å²) in [5.74, 6) is 0.165. The number of hydrogen-bond donors (Lipinski definition) is 2. The van der Waals surface area contributed by atoms with Gasteiger partial charge in [-0.15, -0.1) is 0 Å². The third-order valence-corrected chi connectivity index (χ3v) is 2.61. The van der Waals surface area contributed by atoms with Crippen molar-refractivity contribution in [3.8, 4) is 0 Å². The molecule has 2 aromatic rings. The molecule has 0 unspecified atom stereocenters. The zero-order valence-corrected chi connectivity index (χ0v) is 11.4. The first-order valence-corrected chi connectivity index (χ1v) is 6.40. The molecule has 0 atom stereocenters. The van der Waals surface area contributed by atoms with E-state index in [1.165, 1.54) is 18.2 Å². The van der Waals surface area contributed by atoms with Crippen LogP contribution in [0.4, 0.5) is 26.1 Å². The van der Waals surface area contributed by atoms with E-state index in [0.29, 0.717) is 17.5 Å². The summed E-state index contributed by atoms with van der Waals surface area (Å²) in [4.78, 5) is 8.33. The molecule has 0 saturated heterocycles. The topological polar surface area (TPSA) is 49.8 Å². The van der Waals surface area contributed by atoms with Crippen molar-refractivity contribution in [3.05, 3.63) is 41.7 Å². The SMILES string of the molecule is CCCNc1cc(Nc2c(F)cccc2F)nc(C)n1. The highest BCUT2D eigenvalue weighted by atomic mass is 19.1. The minimum absolute atomic E-state index is 0.216. The molecular formula is C14H16F2N4. The lowest BCUT2D eigenvalue weighted by molar-refractivity contribution is 0.590. The van der Waals surface area contributed by atoms with Crippen LogP contribution in [0.1, 0.15) is 19.2 Å². The van der Waals surface area contributed by atoms with Crippen molar-refractivity contribution in [1.29, 1.82) is 0 Å². The molecule has 1 aromatic carbocycles. The molecule has 0 radical (unpaired) electrons. The molecule has 0 amide bonds. The summed E-state index contributed by atoms with van der Waals surface area (Å²) >= 11 is 0. The third kappa shape index (κ3) is 3.40. The van der Waals surface area contributed by atoms with Crippen molar-refractivity contribution in [3.63, 3.8) is 0 Å². The Morgan fingerprint density at radius 2 is 1.75 bits per heavy atom. The summed E-state index contributed by atoms with van der Waals surface area (Å²) in [5, 5.41) is 5.77. The second-order valence-electron chi connectivity index (χ2n) is 4.33. The largest absolute Gasteiger partial charge is 0.370 e. The maximum atomic E-state index is 13.6. The molecular weight excluding hydrogens is 262 g/mol. The highest BCUT2D eigenvalue weighted by Gasteiger charge is 2.10. The monoisotopic (exact) mass is 278 g/mol. The fourth-order valence-electron chi connectivity index (χ4n) is 1.72. The predicted molar refractivity (Wildman–Crippen MR) is 75.2 cm³/mol. The molecule has 6 heteroatoms. The van der Waals surface area contributed by atoms with E-state index in [0.717, 1.165) is 13.0 Å². The summed E-state index contributed by atoms with van der Waals surface area (Å²) in [6.07, 6.45) is 0.952. The van der Waals surface area contributed by atoms with Gasteiger partial charge in [0.25, 0.3) is 0 Å². The number of nitrogens with zero attached hydrogens (tertiary/aromatic N) is 2. The standard InChI is InChI=1S/C14H16F2N4/c1-3-7-17-12-8-13(19-9(2)18-12)20-14-10(15)5-4-6-11(14)16/h4-6,8H,3,7H2,1-2H3,(H2,17,18,19,20). The van der Waals surface area contributed by atoms with Gasteiger partial charge in [0.15, 0.2) is 0 Å². The van der Waals surface area contributed by atoms with Gasteiger partial charge in [-0.25, -0.2) is 18.7 Å². The van der Waals surface area contributed by atoms with Gasteiger partial charge in [-0.1, -0.05) is 13.0 Å². The van der Waals surface area contributed by atoms with Crippen molar-refractivity contribution in [2.24, 2.45) is 0 Å². The Kier molecular flexibility index (Phi) is 4.45. The van der Waals surface area contributed by atoms with Gasteiger partial charge in [0.05, 0.1) is 0 Å². The van der Waals surface area contributed by atoms with E-state index in [4.69, 9.17) is 0 Å². The lowest BCUT2D eigenvalue weighted by Gasteiger charge is -2.10. The fourth-order valence-corrected chi connectivity index (χ4v) is 1.72. The number of hydrogen-bond acceptors (Lipinski definition) is 4.